The number of oxazole rings is 1. The Morgan fingerprint density at radius 3 is 2.61 bits per heavy atom. The fourth-order valence-corrected chi connectivity index (χ4v) is 4.30. The summed E-state index contributed by atoms with van der Waals surface area (Å²) >= 11 is 0. The summed E-state index contributed by atoms with van der Waals surface area (Å²) in [6, 6.07) is 9.06. The summed E-state index contributed by atoms with van der Waals surface area (Å²) < 4.78 is 30.7. The van der Waals surface area contributed by atoms with Crippen molar-refractivity contribution in [2.45, 2.75) is 13.5 Å². The van der Waals surface area contributed by atoms with Gasteiger partial charge >= 0.3 is 0 Å². The first kappa shape index (κ1) is 21.2. The Morgan fingerprint density at radius 2 is 1.97 bits per heavy atom. The molecule has 1 amide bonds. The standard InChI is InChI=1S/C20H24N6O4S/c1-15-6-7-16(12-21-15)23-26(14-27)17-4-3-5-18-20(17)22-19(30-18)13-24-8-10-25(11-9-24)31(2,28)29/h3-7,12,14,23H,8-11,13H2,1-2H3. The molecule has 0 saturated carbocycles. The number of aromatic nitrogens is 2. The van der Waals surface area contributed by atoms with Gasteiger partial charge in [0.2, 0.25) is 22.3 Å². The first-order chi connectivity index (χ1) is 14.8. The lowest BCUT2D eigenvalue weighted by Crippen LogP contribution is -2.47. The lowest BCUT2D eigenvalue weighted by Gasteiger charge is -2.32. The average Bonchev–Trinajstić information content (AvgIpc) is 3.15. The second-order valence-electron chi connectivity index (χ2n) is 7.45. The Balaban J connectivity index is 1.51. The van der Waals surface area contributed by atoms with Crippen molar-refractivity contribution in [2.24, 2.45) is 0 Å². The first-order valence-electron chi connectivity index (χ1n) is 9.83. The molecule has 0 unspecified atom stereocenters. The van der Waals surface area contributed by atoms with E-state index in [1.807, 2.05) is 19.1 Å². The van der Waals surface area contributed by atoms with Crippen molar-refractivity contribution < 1.29 is 17.6 Å². The number of pyridine rings is 1. The van der Waals surface area contributed by atoms with Crippen LogP contribution in [0.4, 0.5) is 11.4 Å². The highest BCUT2D eigenvalue weighted by atomic mass is 32.2. The minimum Gasteiger partial charge on any atom is -0.439 e. The SMILES string of the molecule is Cc1ccc(NN(C=O)c2cccc3oc(CN4CCN(S(C)(=O)=O)CC4)nc23)cn1. The van der Waals surface area contributed by atoms with Crippen LogP contribution in [0.3, 0.4) is 0 Å². The molecule has 0 radical (unpaired) electrons. The van der Waals surface area contributed by atoms with Crippen molar-refractivity contribution in [1.82, 2.24) is 19.2 Å². The van der Waals surface area contributed by atoms with E-state index in [0.29, 0.717) is 67.5 Å². The number of hydrogen-bond acceptors (Lipinski definition) is 8. The predicted molar refractivity (Wildman–Crippen MR) is 117 cm³/mol. The smallest absolute Gasteiger partial charge is 0.232 e. The van der Waals surface area contributed by atoms with Gasteiger partial charge < -0.3 is 4.42 Å². The first-order valence-corrected chi connectivity index (χ1v) is 11.7. The quantitative estimate of drug-likeness (QED) is 0.432. The van der Waals surface area contributed by atoms with Gasteiger partial charge in [0.15, 0.2) is 5.58 Å². The van der Waals surface area contributed by atoms with Gasteiger partial charge in [-0.05, 0) is 31.2 Å². The van der Waals surface area contributed by atoms with E-state index < -0.39 is 10.0 Å². The van der Waals surface area contributed by atoms with E-state index in [2.05, 4.69) is 20.3 Å². The molecule has 1 aromatic carbocycles. The van der Waals surface area contributed by atoms with Crippen molar-refractivity contribution in [3.05, 3.63) is 48.1 Å². The minimum atomic E-state index is -3.17. The van der Waals surface area contributed by atoms with Crippen LogP contribution in [0.2, 0.25) is 0 Å². The number of hydrazine groups is 1. The predicted octanol–water partition coefficient (Wildman–Crippen LogP) is 1.60. The average molecular weight is 445 g/mol. The maximum atomic E-state index is 11.8. The Kier molecular flexibility index (Phi) is 5.90. The fourth-order valence-electron chi connectivity index (χ4n) is 3.47. The molecule has 0 bridgehead atoms. The second-order valence-corrected chi connectivity index (χ2v) is 9.43. The van der Waals surface area contributed by atoms with Crippen LogP contribution in [0.15, 0.2) is 40.9 Å². The molecular formula is C20H24N6O4S. The normalized spacial score (nSPS) is 15.8. The molecular weight excluding hydrogens is 420 g/mol. The van der Waals surface area contributed by atoms with Gasteiger partial charge in [-0.1, -0.05) is 6.07 Å². The highest BCUT2D eigenvalue weighted by Crippen LogP contribution is 2.27. The third-order valence-electron chi connectivity index (χ3n) is 5.13. The molecule has 1 saturated heterocycles. The molecule has 10 nitrogen and oxygen atoms in total. The van der Waals surface area contributed by atoms with Crippen LogP contribution in [-0.4, -0.2) is 66.4 Å². The Hall–Kier alpha value is -3.02. The van der Waals surface area contributed by atoms with Gasteiger partial charge in [-0.2, -0.15) is 4.31 Å². The molecule has 164 valence electrons. The second kappa shape index (κ2) is 8.61. The largest absolute Gasteiger partial charge is 0.439 e. The number of amides is 1. The van der Waals surface area contributed by atoms with Crippen LogP contribution in [0, 0.1) is 6.92 Å². The Bertz CT molecular complexity index is 1170. The van der Waals surface area contributed by atoms with E-state index in [4.69, 9.17) is 4.42 Å². The van der Waals surface area contributed by atoms with E-state index >= 15 is 0 Å². The molecule has 3 aromatic rings. The number of nitrogens with zero attached hydrogens (tertiary/aromatic N) is 5. The lowest BCUT2D eigenvalue weighted by atomic mass is 10.2. The summed E-state index contributed by atoms with van der Waals surface area (Å²) in [7, 11) is -3.17. The van der Waals surface area contributed by atoms with E-state index in [0.717, 1.165) is 5.69 Å². The van der Waals surface area contributed by atoms with Crippen LogP contribution in [0.5, 0.6) is 0 Å². The van der Waals surface area contributed by atoms with Crippen molar-refractivity contribution >= 4 is 38.9 Å². The van der Waals surface area contributed by atoms with Crippen molar-refractivity contribution in [2.75, 3.05) is 42.9 Å². The number of fused-ring (bicyclic) bond motifs is 1. The molecule has 3 heterocycles. The van der Waals surface area contributed by atoms with E-state index in [9.17, 15) is 13.2 Å². The van der Waals surface area contributed by atoms with E-state index in [1.165, 1.54) is 15.6 Å². The van der Waals surface area contributed by atoms with Crippen LogP contribution in [-0.2, 0) is 21.4 Å². The molecule has 0 spiro atoms. The number of piperazine rings is 1. The molecule has 1 N–H and O–H groups in total. The third-order valence-corrected chi connectivity index (χ3v) is 6.43. The summed E-state index contributed by atoms with van der Waals surface area (Å²) in [5, 5.41) is 1.34. The number of rotatable bonds is 7. The number of nitrogens with one attached hydrogen (secondary N) is 1. The van der Waals surface area contributed by atoms with E-state index in [1.54, 1.807) is 24.4 Å². The van der Waals surface area contributed by atoms with Gasteiger partial charge in [0.05, 0.1) is 30.4 Å². The number of sulfonamides is 1. The maximum Gasteiger partial charge on any atom is 0.232 e. The van der Waals surface area contributed by atoms with Gasteiger partial charge in [0.1, 0.15) is 5.52 Å². The van der Waals surface area contributed by atoms with Crippen LogP contribution >= 0.6 is 0 Å². The number of para-hydroxylation sites is 1. The number of aryl methyl sites for hydroxylation is 1. The fraction of sp³-hybridized carbons (Fsp3) is 0.350. The molecule has 11 heteroatoms. The van der Waals surface area contributed by atoms with Crippen molar-refractivity contribution in [1.29, 1.82) is 0 Å². The topological polar surface area (TPSA) is 112 Å². The Labute approximate surface area is 180 Å². The van der Waals surface area contributed by atoms with Gasteiger partial charge in [0.25, 0.3) is 0 Å². The molecule has 0 aliphatic carbocycles. The molecule has 1 fully saturated rings. The maximum absolute atomic E-state index is 11.8. The van der Waals surface area contributed by atoms with Gasteiger partial charge in [-0.15, -0.1) is 0 Å². The zero-order valence-electron chi connectivity index (χ0n) is 17.4. The third kappa shape index (κ3) is 4.84. The molecule has 4 rings (SSSR count). The van der Waals surface area contributed by atoms with E-state index in [-0.39, 0.29) is 0 Å². The van der Waals surface area contributed by atoms with Crippen molar-refractivity contribution in [3.63, 3.8) is 0 Å². The zero-order valence-corrected chi connectivity index (χ0v) is 18.2. The number of carbonyl (C=O) groups excluding carboxylic acids is 1. The summed E-state index contributed by atoms with van der Waals surface area (Å²) in [5.41, 5.74) is 6.26. The molecule has 1 aliphatic heterocycles. The molecule has 2 aromatic heterocycles. The van der Waals surface area contributed by atoms with Gasteiger partial charge in [0, 0.05) is 31.9 Å². The number of anilines is 2. The zero-order chi connectivity index (χ0) is 22.0. The van der Waals surface area contributed by atoms with Crippen LogP contribution < -0.4 is 10.4 Å². The van der Waals surface area contributed by atoms with Gasteiger partial charge in [-0.3, -0.25) is 20.1 Å². The number of carbonyl (C=O) groups is 1. The number of benzene rings is 1. The Morgan fingerprint density at radius 1 is 1.19 bits per heavy atom. The highest BCUT2D eigenvalue weighted by Gasteiger charge is 2.24. The number of hydrogen-bond donors (Lipinski definition) is 1. The molecule has 0 atom stereocenters. The van der Waals surface area contributed by atoms with Gasteiger partial charge in [-0.25, -0.2) is 18.4 Å². The summed E-state index contributed by atoms with van der Waals surface area (Å²) in [4.78, 5) is 22.7. The molecule has 1 aliphatic rings. The summed E-state index contributed by atoms with van der Waals surface area (Å²) in [6.45, 7) is 4.43. The highest BCUT2D eigenvalue weighted by molar-refractivity contribution is 7.88. The van der Waals surface area contributed by atoms with Crippen molar-refractivity contribution in [3.8, 4) is 0 Å². The minimum absolute atomic E-state index is 0.442. The van der Waals surface area contributed by atoms with Crippen LogP contribution in [0.1, 0.15) is 11.6 Å². The summed E-state index contributed by atoms with van der Waals surface area (Å²) in [6.07, 6.45) is 3.55. The molecule has 31 heavy (non-hydrogen) atoms. The monoisotopic (exact) mass is 444 g/mol. The summed E-state index contributed by atoms with van der Waals surface area (Å²) in [5.74, 6) is 0.512. The van der Waals surface area contributed by atoms with Crippen LogP contribution in [0.25, 0.3) is 11.1 Å². The lowest BCUT2D eigenvalue weighted by molar-refractivity contribution is -0.107.